The molecule has 1 saturated heterocycles. The summed E-state index contributed by atoms with van der Waals surface area (Å²) in [5, 5.41) is 2.92. The van der Waals surface area contributed by atoms with Gasteiger partial charge in [-0.05, 0) is 32.9 Å². The molecule has 26 heavy (non-hydrogen) atoms. The van der Waals surface area contributed by atoms with Crippen LogP contribution in [0.4, 0.5) is 0 Å². The summed E-state index contributed by atoms with van der Waals surface area (Å²) in [7, 11) is 2.18. The molecule has 3 N–H and O–H groups in total. The number of hydrogen-bond donors (Lipinski definition) is 2. The number of hydrogen-bond acceptors (Lipinski definition) is 4. The maximum atomic E-state index is 11.8. The van der Waals surface area contributed by atoms with E-state index in [9.17, 15) is 4.79 Å². The molecule has 1 unspecified atom stereocenters. The summed E-state index contributed by atoms with van der Waals surface area (Å²) in [6.45, 7) is 8.32. The third-order valence-corrected chi connectivity index (χ3v) is 4.37. The molecule has 1 aromatic rings. The number of carbonyl (C=O) groups excluding carboxylic acids is 1. The molecule has 1 aliphatic rings. The molecular formula is C18H33Cl3N4O. The van der Waals surface area contributed by atoms with Crippen molar-refractivity contribution in [2.75, 3.05) is 39.8 Å². The second-order valence-corrected chi connectivity index (χ2v) is 7.06. The van der Waals surface area contributed by atoms with E-state index in [1.54, 1.807) is 13.8 Å². The molecule has 1 amide bonds. The van der Waals surface area contributed by atoms with Crippen LogP contribution in [-0.4, -0.2) is 61.0 Å². The van der Waals surface area contributed by atoms with Gasteiger partial charge in [0.25, 0.3) is 0 Å². The number of piperazine rings is 1. The van der Waals surface area contributed by atoms with E-state index in [1.165, 1.54) is 5.56 Å². The average Bonchev–Trinajstić information content (AvgIpc) is 2.52. The van der Waals surface area contributed by atoms with E-state index in [-0.39, 0.29) is 43.1 Å². The second kappa shape index (κ2) is 12.8. The van der Waals surface area contributed by atoms with Crippen LogP contribution in [0.2, 0.25) is 0 Å². The van der Waals surface area contributed by atoms with Gasteiger partial charge in [-0.15, -0.1) is 37.2 Å². The Morgan fingerprint density at radius 2 is 1.81 bits per heavy atom. The lowest BCUT2D eigenvalue weighted by Gasteiger charge is -2.40. The van der Waals surface area contributed by atoms with Gasteiger partial charge in [-0.2, -0.15) is 0 Å². The molecular weight excluding hydrogens is 395 g/mol. The van der Waals surface area contributed by atoms with E-state index in [0.29, 0.717) is 12.6 Å². The molecule has 0 aromatic heterocycles. The van der Waals surface area contributed by atoms with E-state index >= 15 is 0 Å². The first-order valence-corrected chi connectivity index (χ1v) is 8.42. The van der Waals surface area contributed by atoms with Crippen molar-refractivity contribution in [3.05, 3.63) is 35.9 Å². The Morgan fingerprint density at radius 1 is 1.19 bits per heavy atom. The Morgan fingerprint density at radius 3 is 2.38 bits per heavy atom. The van der Waals surface area contributed by atoms with E-state index in [4.69, 9.17) is 5.73 Å². The van der Waals surface area contributed by atoms with Crippen LogP contribution in [0.25, 0.3) is 0 Å². The normalized spacial score (nSPS) is 18.1. The fraction of sp³-hybridized carbons (Fsp3) is 0.611. The molecule has 8 heteroatoms. The first-order chi connectivity index (χ1) is 10.9. The molecule has 1 aliphatic heterocycles. The summed E-state index contributed by atoms with van der Waals surface area (Å²) in [5.74, 6) is -0.0875. The Labute approximate surface area is 176 Å². The molecule has 0 aliphatic carbocycles. The van der Waals surface area contributed by atoms with Gasteiger partial charge in [0.1, 0.15) is 0 Å². The van der Waals surface area contributed by atoms with E-state index in [0.717, 1.165) is 32.6 Å². The number of amides is 1. The number of carbonyl (C=O) groups is 1. The summed E-state index contributed by atoms with van der Waals surface area (Å²) in [6.07, 6.45) is 0.939. The van der Waals surface area contributed by atoms with Gasteiger partial charge in [-0.3, -0.25) is 9.69 Å². The van der Waals surface area contributed by atoms with Crippen molar-refractivity contribution in [3.8, 4) is 0 Å². The number of halogens is 3. The van der Waals surface area contributed by atoms with Crippen LogP contribution in [0.3, 0.4) is 0 Å². The standard InChI is InChI=1S/C18H30N4O.3ClH/c1-18(2,19)17(23)20-10-7-11-22-13-12-21(3)14-16(22)15-8-5-4-6-9-15;;;/h4-6,8-9,16H,7,10-14,19H2,1-3H3,(H,20,23);3*1H. The zero-order valence-electron chi connectivity index (χ0n) is 15.8. The first kappa shape index (κ1) is 27.7. The Balaban J connectivity index is 0. The summed E-state index contributed by atoms with van der Waals surface area (Å²) >= 11 is 0. The minimum Gasteiger partial charge on any atom is -0.354 e. The lowest BCUT2D eigenvalue weighted by molar-refractivity contribution is -0.125. The number of nitrogens with two attached hydrogens (primary N) is 1. The summed E-state index contributed by atoms with van der Waals surface area (Å²) in [6, 6.07) is 11.1. The Kier molecular flexibility index (Phi) is 13.6. The van der Waals surface area contributed by atoms with Crippen LogP contribution < -0.4 is 11.1 Å². The van der Waals surface area contributed by atoms with Crippen molar-refractivity contribution in [2.24, 2.45) is 5.73 Å². The molecule has 2 rings (SSSR count). The van der Waals surface area contributed by atoms with Crippen LogP contribution in [-0.2, 0) is 4.79 Å². The molecule has 0 bridgehead atoms. The number of nitrogens with one attached hydrogen (secondary N) is 1. The van der Waals surface area contributed by atoms with Crippen LogP contribution >= 0.6 is 37.2 Å². The predicted molar refractivity (Wildman–Crippen MR) is 116 cm³/mol. The minimum absolute atomic E-state index is 0. The monoisotopic (exact) mass is 426 g/mol. The predicted octanol–water partition coefficient (Wildman–Crippen LogP) is 2.48. The quantitative estimate of drug-likeness (QED) is 0.685. The average molecular weight is 428 g/mol. The highest BCUT2D eigenvalue weighted by Gasteiger charge is 2.26. The van der Waals surface area contributed by atoms with Gasteiger partial charge in [0.2, 0.25) is 5.91 Å². The van der Waals surface area contributed by atoms with Gasteiger partial charge >= 0.3 is 0 Å². The number of likely N-dealkylation sites (N-methyl/N-ethyl adjacent to an activating group) is 1. The van der Waals surface area contributed by atoms with Gasteiger partial charge in [-0.1, -0.05) is 30.3 Å². The zero-order chi connectivity index (χ0) is 16.9. The Hall–Kier alpha value is -0.560. The maximum Gasteiger partial charge on any atom is 0.239 e. The third kappa shape index (κ3) is 8.42. The lowest BCUT2D eigenvalue weighted by atomic mass is 10.0. The summed E-state index contributed by atoms with van der Waals surface area (Å²) in [4.78, 5) is 16.7. The first-order valence-electron chi connectivity index (χ1n) is 8.42. The van der Waals surface area contributed by atoms with Crippen molar-refractivity contribution in [1.29, 1.82) is 0 Å². The fourth-order valence-corrected chi connectivity index (χ4v) is 2.93. The lowest BCUT2D eigenvalue weighted by Crippen LogP contribution is -2.50. The van der Waals surface area contributed by atoms with Crippen LogP contribution in [0.15, 0.2) is 30.3 Å². The highest BCUT2D eigenvalue weighted by Crippen LogP contribution is 2.24. The summed E-state index contributed by atoms with van der Waals surface area (Å²) < 4.78 is 0. The topological polar surface area (TPSA) is 61.6 Å². The molecule has 1 aromatic carbocycles. The number of nitrogens with zero attached hydrogens (tertiary/aromatic N) is 2. The van der Waals surface area contributed by atoms with Crippen molar-refractivity contribution < 1.29 is 4.79 Å². The molecule has 1 fully saturated rings. The van der Waals surface area contributed by atoms with Gasteiger partial charge in [0.05, 0.1) is 5.54 Å². The van der Waals surface area contributed by atoms with E-state index in [1.807, 2.05) is 0 Å². The molecule has 0 saturated carbocycles. The largest absolute Gasteiger partial charge is 0.354 e. The van der Waals surface area contributed by atoms with Gasteiger partial charge < -0.3 is 16.0 Å². The van der Waals surface area contributed by atoms with Gasteiger partial charge in [-0.25, -0.2) is 0 Å². The smallest absolute Gasteiger partial charge is 0.239 e. The van der Waals surface area contributed by atoms with E-state index in [2.05, 4.69) is 52.5 Å². The maximum absolute atomic E-state index is 11.8. The molecule has 1 atom stereocenters. The molecule has 5 nitrogen and oxygen atoms in total. The van der Waals surface area contributed by atoms with Gasteiger partial charge in [0.15, 0.2) is 0 Å². The van der Waals surface area contributed by atoms with Crippen molar-refractivity contribution in [2.45, 2.75) is 31.8 Å². The second-order valence-electron chi connectivity index (χ2n) is 7.06. The fourth-order valence-electron chi connectivity index (χ4n) is 2.93. The molecule has 0 radical (unpaired) electrons. The SMILES string of the molecule is CN1CCN(CCCNC(=O)C(C)(C)N)C(c2ccccc2)C1.Cl.Cl.Cl. The highest BCUT2D eigenvalue weighted by atomic mass is 35.5. The van der Waals surface area contributed by atoms with Crippen molar-refractivity contribution in [1.82, 2.24) is 15.1 Å². The van der Waals surface area contributed by atoms with Crippen molar-refractivity contribution in [3.63, 3.8) is 0 Å². The molecule has 0 spiro atoms. The molecule has 152 valence electrons. The highest BCUT2D eigenvalue weighted by molar-refractivity contribution is 5.86. The summed E-state index contributed by atoms with van der Waals surface area (Å²) in [5.41, 5.74) is 6.35. The Bertz CT molecular complexity index is 511. The van der Waals surface area contributed by atoms with Crippen LogP contribution in [0.5, 0.6) is 0 Å². The van der Waals surface area contributed by atoms with Crippen LogP contribution in [0.1, 0.15) is 31.9 Å². The van der Waals surface area contributed by atoms with Crippen molar-refractivity contribution >= 4 is 43.1 Å². The number of rotatable bonds is 6. The minimum atomic E-state index is -0.805. The zero-order valence-corrected chi connectivity index (χ0v) is 18.3. The van der Waals surface area contributed by atoms with E-state index < -0.39 is 5.54 Å². The number of benzene rings is 1. The van der Waals surface area contributed by atoms with Crippen LogP contribution in [0, 0.1) is 0 Å². The molecule has 1 heterocycles. The third-order valence-electron chi connectivity index (χ3n) is 4.37. The van der Waals surface area contributed by atoms with Gasteiger partial charge in [0, 0.05) is 38.8 Å².